The molecule has 1 aromatic heterocycles. The van der Waals surface area contributed by atoms with Gasteiger partial charge >= 0.3 is 16.2 Å². The van der Waals surface area contributed by atoms with Crippen LogP contribution in [0.4, 0.5) is 5.69 Å². The predicted octanol–water partition coefficient (Wildman–Crippen LogP) is 3.17. The number of carbonyl (C=O) groups is 1. The van der Waals surface area contributed by atoms with Crippen LogP contribution in [-0.2, 0) is 26.2 Å². The molecule has 31 heavy (non-hydrogen) atoms. The van der Waals surface area contributed by atoms with Crippen molar-refractivity contribution in [3.8, 4) is 5.88 Å². The molecule has 0 bridgehead atoms. The number of nitrogens with zero attached hydrogens (tertiary/aromatic N) is 2. The minimum absolute atomic E-state index is 0.271. The molecule has 1 unspecified atom stereocenters. The van der Waals surface area contributed by atoms with E-state index in [9.17, 15) is 13.2 Å². The zero-order chi connectivity index (χ0) is 22.1. The quantitative estimate of drug-likeness (QED) is 0.444. The monoisotopic (exact) mass is 447 g/mol. The summed E-state index contributed by atoms with van der Waals surface area (Å²) in [6.45, 7) is 0.554. The zero-order valence-electron chi connectivity index (χ0n) is 17.7. The third-order valence-corrected chi connectivity index (χ3v) is 6.72. The minimum Gasteiger partial charge on any atom is -0.481 e. The van der Waals surface area contributed by atoms with Crippen molar-refractivity contribution in [1.82, 2.24) is 9.29 Å². The Morgan fingerprint density at radius 3 is 2.68 bits per heavy atom. The number of piperidine rings is 1. The van der Waals surface area contributed by atoms with Gasteiger partial charge < -0.3 is 9.47 Å². The van der Waals surface area contributed by atoms with Gasteiger partial charge in [0, 0.05) is 12.6 Å². The summed E-state index contributed by atoms with van der Waals surface area (Å²) in [7, 11) is -2.44. The maximum atomic E-state index is 12.9. The number of hydrogen-bond acceptors (Lipinski definition) is 6. The smallest absolute Gasteiger partial charge is 0.324 e. The lowest BCUT2D eigenvalue weighted by atomic mass is 10.1. The van der Waals surface area contributed by atoms with Gasteiger partial charge in [0.15, 0.2) is 0 Å². The summed E-state index contributed by atoms with van der Waals surface area (Å²) in [5.74, 6) is -0.104. The van der Waals surface area contributed by atoms with Gasteiger partial charge in [0.25, 0.3) is 0 Å². The van der Waals surface area contributed by atoms with Crippen molar-refractivity contribution in [2.24, 2.45) is 0 Å². The number of pyridine rings is 1. The Morgan fingerprint density at radius 1 is 1.16 bits per heavy atom. The fourth-order valence-electron chi connectivity index (χ4n) is 3.54. The summed E-state index contributed by atoms with van der Waals surface area (Å²) in [6, 6.07) is 12.4. The second-order valence-electron chi connectivity index (χ2n) is 7.43. The van der Waals surface area contributed by atoms with E-state index in [1.54, 1.807) is 12.1 Å². The fraction of sp³-hybridized carbons (Fsp3) is 0.455. The van der Waals surface area contributed by atoms with Crippen LogP contribution in [0.1, 0.15) is 37.7 Å². The Morgan fingerprint density at radius 2 is 1.97 bits per heavy atom. The Hall–Kier alpha value is -2.65. The highest BCUT2D eigenvalue weighted by atomic mass is 32.2. The van der Waals surface area contributed by atoms with Crippen molar-refractivity contribution >= 4 is 21.9 Å². The molecule has 2 aromatic rings. The number of unbranched alkanes of at least 4 members (excludes halogenated alkanes) is 1. The van der Waals surface area contributed by atoms with E-state index in [0.717, 1.165) is 25.7 Å². The molecule has 0 spiro atoms. The summed E-state index contributed by atoms with van der Waals surface area (Å²) < 4.78 is 39.9. The third-order valence-electron chi connectivity index (χ3n) is 5.17. The number of aryl methyl sites for hydroxylation is 1. The van der Waals surface area contributed by atoms with E-state index in [-0.39, 0.29) is 13.2 Å². The summed E-state index contributed by atoms with van der Waals surface area (Å²) in [4.78, 5) is 16.6. The maximum absolute atomic E-state index is 12.9. The SMILES string of the molecule is COc1ccc(NS(=O)(=O)N2CCCCC2C(=O)OCCCCc2ccccc2)cn1. The topological polar surface area (TPSA) is 97.8 Å². The Bertz CT molecular complexity index is 935. The van der Waals surface area contributed by atoms with Crippen LogP contribution in [0, 0.1) is 0 Å². The van der Waals surface area contributed by atoms with Crippen LogP contribution in [-0.4, -0.2) is 50.0 Å². The number of carbonyl (C=O) groups excluding carboxylic acids is 1. The fourth-order valence-corrected chi connectivity index (χ4v) is 4.97. The number of anilines is 1. The molecule has 168 valence electrons. The second kappa shape index (κ2) is 11.1. The van der Waals surface area contributed by atoms with Crippen LogP contribution in [0.3, 0.4) is 0 Å². The number of ether oxygens (including phenoxy) is 2. The summed E-state index contributed by atoms with van der Waals surface area (Å²) in [5, 5.41) is 0. The molecule has 1 atom stereocenters. The van der Waals surface area contributed by atoms with Crippen LogP contribution < -0.4 is 9.46 Å². The highest BCUT2D eigenvalue weighted by molar-refractivity contribution is 7.90. The van der Waals surface area contributed by atoms with Gasteiger partial charge in [-0.1, -0.05) is 30.3 Å². The first kappa shape index (κ1) is 23.0. The zero-order valence-corrected chi connectivity index (χ0v) is 18.5. The Labute approximate surface area is 183 Å². The Balaban J connectivity index is 1.52. The molecule has 2 heterocycles. The van der Waals surface area contributed by atoms with Crippen LogP contribution in [0.2, 0.25) is 0 Å². The van der Waals surface area contributed by atoms with Crippen molar-refractivity contribution in [2.75, 3.05) is 25.0 Å². The van der Waals surface area contributed by atoms with Crippen molar-refractivity contribution in [3.05, 3.63) is 54.2 Å². The number of aromatic nitrogens is 1. The molecule has 3 rings (SSSR count). The van der Waals surface area contributed by atoms with E-state index < -0.39 is 22.2 Å². The molecular weight excluding hydrogens is 418 g/mol. The molecule has 1 aromatic carbocycles. The highest BCUT2D eigenvalue weighted by Crippen LogP contribution is 2.23. The van der Waals surface area contributed by atoms with Gasteiger partial charge in [0.05, 0.1) is 25.6 Å². The lowest BCUT2D eigenvalue weighted by Crippen LogP contribution is -2.50. The molecular formula is C22H29N3O5S. The van der Waals surface area contributed by atoms with Gasteiger partial charge in [-0.3, -0.25) is 9.52 Å². The standard InChI is InChI=1S/C22H29N3O5S/c1-29-21-14-13-19(17-23-21)24-31(27,28)25-15-7-5-12-20(25)22(26)30-16-8-6-11-18-9-3-2-4-10-18/h2-4,9-10,13-14,17,20,24H,5-8,11-12,15-16H2,1H3. The molecule has 1 N–H and O–H groups in total. The molecule has 1 aliphatic heterocycles. The van der Waals surface area contributed by atoms with E-state index in [2.05, 4.69) is 21.8 Å². The van der Waals surface area contributed by atoms with E-state index in [0.29, 0.717) is 24.4 Å². The average molecular weight is 448 g/mol. The first-order valence-corrected chi connectivity index (χ1v) is 11.9. The van der Waals surface area contributed by atoms with Gasteiger partial charge in [0.2, 0.25) is 5.88 Å². The average Bonchev–Trinajstić information content (AvgIpc) is 2.79. The van der Waals surface area contributed by atoms with E-state index >= 15 is 0 Å². The number of hydrogen-bond donors (Lipinski definition) is 1. The van der Waals surface area contributed by atoms with Gasteiger partial charge in [0.1, 0.15) is 6.04 Å². The van der Waals surface area contributed by atoms with E-state index in [1.165, 1.54) is 23.2 Å². The first-order valence-electron chi connectivity index (χ1n) is 10.5. The summed E-state index contributed by atoms with van der Waals surface area (Å²) in [5.41, 5.74) is 1.55. The molecule has 0 aliphatic carbocycles. The third kappa shape index (κ3) is 6.67. The molecule has 8 nitrogen and oxygen atoms in total. The summed E-state index contributed by atoms with van der Waals surface area (Å²) >= 11 is 0. The molecule has 0 radical (unpaired) electrons. The van der Waals surface area contributed by atoms with Crippen LogP contribution in [0.5, 0.6) is 5.88 Å². The maximum Gasteiger partial charge on any atom is 0.324 e. The largest absolute Gasteiger partial charge is 0.481 e. The number of esters is 1. The van der Waals surface area contributed by atoms with Crippen LogP contribution in [0.25, 0.3) is 0 Å². The van der Waals surface area contributed by atoms with Crippen LogP contribution >= 0.6 is 0 Å². The molecule has 1 aliphatic rings. The van der Waals surface area contributed by atoms with Crippen molar-refractivity contribution < 1.29 is 22.7 Å². The van der Waals surface area contributed by atoms with Gasteiger partial charge in [-0.05, 0) is 50.2 Å². The van der Waals surface area contributed by atoms with Gasteiger partial charge in [-0.15, -0.1) is 0 Å². The molecule has 1 saturated heterocycles. The lowest BCUT2D eigenvalue weighted by Gasteiger charge is -2.33. The van der Waals surface area contributed by atoms with Crippen molar-refractivity contribution in [2.45, 2.75) is 44.6 Å². The Kier molecular flexibility index (Phi) is 8.25. The molecule has 9 heteroatoms. The lowest BCUT2D eigenvalue weighted by molar-refractivity contribution is -0.149. The predicted molar refractivity (Wildman–Crippen MR) is 118 cm³/mol. The highest BCUT2D eigenvalue weighted by Gasteiger charge is 2.37. The molecule has 0 amide bonds. The number of rotatable bonds is 10. The van der Waals surface area contributed by atoms with Crippen molar-refractivity contribution in [1.29, 1.82) is 0 Å². The number of nitrogens with one attached hydrogen (secondary N) is 1. The number of benzene rings is 1. The summed E-state index contributed by atoms with van der Waals surface area (Å²) in [6.07, 6.45) is 5.85. The van der Waals surface area contributed by atoms with Crippen molar-refractivity contribution in [3.63, 3.8) is 0 Å². The first-order chi connectivity index (χ1) is 15.0. The number of methoxy groups -OCH3 is 1. The molecule has 0 saturated carbocycles. The van der Waals surface area contributed by atoms with E-state index in [1.807, 2.05) is 18.2 Å². The normalized spacial score (nSPS) is 17.1. The second-order valence-corrected chi connectivity index (χ2v) is 9.05. The van der Waals surface area contributed by atoms with E-state index in [4.69, 9.17) is 9.47 Å². The molecule has 1 fully saturated rings. The van der Waals surface area contributed by atoms with Gasteiger partial charge in [-0.2, -0.15) is 12.7 Å². The minimum atomic E-state index is -3.92. The van der Waals surface area contributed by atoms with Crippen LogP contribution in [0.15, 0.2) is 48.7 Å². The van der Waals surface area contributed by atoms with Gasteiger partial charge in [-0.25, -0.2) is 4.98 Å².